The number of hydrogen-bond acceptors (Lipinski definition) is 15. The molecule has 3 N–H and O–H groups in total. The molecule has 0 aromatic rings. The number of ether oxygens (including phenoxy) is 4. The van der Waals surface area contributed by atoms with E-state index in [2.05, 4.69) is 55.4 Å². The molecule has 0 radical (unpaired) electrons. The highest BCUT2D eigenvalue weighted by atomic mass is 31.2. The van der Waals surface area contributed by atoms with Gasteiger partial charge in [0, 0.05) is 25.7 Å². The lowest BCUT2D eigenvalue weighted by Crippen LogP contribution is -2.30. The summed E-state index contributed by atoms with van der Waals surface area (Å²) in [6, 6.07) is 0. The van der Waals surface area contributed by atoms with Crippen molar-refractivity contribution in [1.29, 1.82) is 0 Å². The van der Waals surface area contributed by atoms with Crippen LogP contribution in [-0.4, -0.2) is 96.7 Å². The fraction of sp³-hybridized carbons (Fsp3) is 0.953. The number of carbonyl (C=O) groups is 4. The Bertz CT molecular complexity index is 2030. The molecule has 0 aliphatic heterocycles. The maximum absolute atomic E-state index is 13.1. The number of rotatable bonds is 82. The van der Waals surface area contributed by atoms with Crippen LogP contribution in [0.25, 0.3) is 0 Å². The average Bonchev–Trinajstić information content (AvgIpc) is 0.906. The number of aliphatic hydroxyl groups excluding tert-OH is 1. The lowest BCUT2D eigenvalue weighted by molar-refractivity contribution is -0.161. The normalized spacial score (nSPS) is 14.7. The molecule has 19 heteroatoms. The molecule has 0 rings (SSSR count). The van der Waals surface area contributed by atoms with Gasteiger partial charge in [0.25, 0.3) is 0 Å². The van der Waals surface area contributed by atoms with Crippen LogP contribution in [0.4, 0.5) is 0 Å². The molecule has 17 nitrogen and oxygen atoms in total. The minimum absolute atomic E-state index is 0.107. The van der Waals surface area contributed by atoms with Crippen LogP contribution in [0.3, 0.4) is 0 Å². The molecule has 0 aliphatic rings. The van der Waals surface area contributed by atoms with Crippen LogP contribution in [0.2, 0.25) is 0 Å². The summed E-state index contributed by atoms with van der Waals surface area (Å²) in [5.41, 5.74) is 0. The molecule has 6 unspecified atom stereocenters. The fourth-order valence-corrected chi connectivity index (χ4v) is 14.6. The van der Waals surface area contributed by atoms with Gasteiger partial charge < -0.3 is 33.8 Å². The summed E-state index contributed by atoms with van der Waals surface area (Å²) in [5.74, 6) is 1.12. The molecule has 0 aromatic carbocycles. The second-order valence-electron chi connectivity index (χ2n) is 31.8. The van der Waals surface area contributed by atoms with Crippen molar-refractivity contribution in [2.24, 2.45) is 23.7 Å². The molecule has 0 fully saturated rings. The third-order valence-corrected chi connectivity index (χ3v) is 22.8. The zero-order chi connectivity index (χ0) is 76.7. The van der Waals surface area contributed by atoms with Gasteiger partial charge in [0.15, 0.2) is 12.2 Å². The Labute approximate surface area is 638 Å². The second kappa shape index (κ2) is 73.8. The van der Waals surface area contributed by atoms with Gasteiger partial charge in [-0.25, -0.2) is 9.13 Å². The molecular formula is C85H166O17P2. The van der Waals surface area contributed by atoms with Gasteiger partial charge in [-0.2, -0.15) is 0 Å². The monoisotopic (exact) mass is 1520 g/mol. The predicted molar refractivity (Wildman–Crippen MR) is 428 cm³/mol. The summed E-state index contributed by atoms with van der Waals surface area (Å²) in [7, 11) is -9.93. The molecule has 104 heavy (non-hydrogen) atoms. The lowest BCUT2D eigenvalue weighted by atomic mass is 9.99. The molecular weight excluding hydrogens is 1350 g/mol. The topological polar surface area (TPSA) is 237 Å². The van der Waals surface area contributed by atoms with Crippen LogP contribution in [-0.2, 0) is 65.4 Å². The molecule has 618 valence electrons. The van der Waals surface area contributed by atoms with Gasteiger partial charge in [0.05, 0.1) is 26.4 Å². The largest absolute Gasteiger partial charge is 0.472 e. The van der Waals surface area contributed by atoms with E-state index in [0.29, 0.717) is 31.6 Å². The van der Waals surface area contributed by atoms with E-state index in [1.54, 1.807) is 0 Å². The minimum Gasteiger partial charge on any atom is -0.462 e. The van der Waals surface area contributed by atoms with Crippen molar-refractivity contribution in [3.05, 3.63) is 0 Å². The molecule has 0 spiro atoms. The number of aliphatic hydroxyl groups is 1. The quantitative estimate of drug-likeness (QED) is 0.0222. The van der Waals surface area contributed by atoms with E-state index >= 15 is 0 Å². The van der Waals surface area contributed by atoms with E-state index in [0.717, 1.165) is 114 Å². The predicted octanol–water partition coefficient (Wildman–Crippen LogP) is 25.6. The Balaban J connectivity index is 5.21. The van der Waals surface area contributed by atoms with Crippen LogP contribution in [0, 0.1) is 23.7 Å². The SMILES string of the molecule is CCC(C)CCCCCCCCCCCCCCCCCCCCC(=O)O[C@H](COC(=O)CCCCCCCCCC(C)C)COP(=O)(O)OCC(O)COP(=O)(O)OC[C@@H](COC(=O)CCCCCCCCCCCCC(C)CC)OC(=O)CCCCCCCCCCCCCCCCC(C)CC. The first-order valence-corrected chi connectivity index (χ1v) is 46.8. The summed E-state index contributed by atoms with van der Waals surface area (Å²) in [6.07, 6.45) is 62.4. The first kappa shape index (κ1) is 102. The number of carbonyl (C=O) groups excluding carboxylic acids is 4. The van der Waals surface area contributed by atoms with Gasteiger partial charge in [0.2, 0.25) is 0 Å². The maximum atomic E-state index is 13.1. The van der Waals surface area contributed by atoms with Gasteiger partial charge in [-0.1, -0.05) is 389 Å². The van der Waals surface area contributed by atoms with Crippen LogP contribution < -0.4 is 0 Å². The van der Waals surface area contributed by atoms with Crippen molar-refractivity contribution in [3.8, 4) is 0 Å². The standard InChI is InChI=1S/C85H166O17P2/c1-9-76(6)62-54-46-38-30-24-20-16-14-12-13-15-17-22-26-34-42-51-59-67-85(90)102-81(72-96-83(88)66-58-50-44-36-37-45-53-61-75(4)5)74-100-104(93,94)98-70-79(86)69-97-103(91,92)99-73-80(71-95-82(87)65-57-49-41-33-29-28-32-40-48-56-64-78(8)11-3)101-84(89)68-60-52-43-35-27-23-19-18-21-25-31-39-47-55-63-77(7)10-2/h75-81,86H,9-74H2,1-8H3,(H,91,92)(H,93,94)/t76?,77?,78?,79?,80-,81-/m1/s1. The zero-order valence-electron chi connectivity index (χ0n) is 68.7. The zero-order valence-corrected chi connectivity index (χ0v) is 70.5. The van der Waals surface area contributed by atoms with Gasteiger partial charge in [0.1, 0.15) is 19.3 Å². The van der Waals surface area contributed by atoms with Gasteiger partial charge >= 0.3 is 39.5 Å². The van der Waals surface area contributed by atoms with Gasteiger partial charge in [-0.3, -0.25) is 37.3 Å². The maximum Gasteiger partial charge on any atom is 0.472 e. The smallest absolute Gasteiger partial charge is 0.462 e. The van der Waals surface area contributed by atoms with Gasteiger partial charge in [-0.05, 0) is 49.4 Å². The Morgan fingerprint density at radius 2 is 0.462 bits per heavy atom. The third-order valence-electron chi connectivity index (χ3n) is 20.9. The van der Waals surface area contributed by atoms with Crippen molar-refractivity contribution < 1.29 is 80.2 Å². The van der Waals surface area contributed by atoms with Gasteiger partial charge in [-0.15, -0.1) is 0 Å². The summed E-state index contributed by atoms with van der Waals surface area (Å²) < 4.78 is 68.8. The molecule has 8 atom stereocenters. The summed E-state index contributed by atoms with van der Waals surface area (Å²) in [4.78, 5) is 73.2. The number of phosphoric ester groups is 2. The Morgan fingerprint density at radius 3 is 0.683 bits per heavy atom. The van der Waals surface area contributed by atoms with Crippen LogP contribution in [0.15, 0.2) is 0 Å². The summed E-state index contributed by atoms with van der Waals surface area (Å²) in [6.45, 7) is 14.4. The van der Waals surface area contributed by atoms with Crippen LogP contribution in [0.1, 0.15) is 441 Å². The highest BCUT2D eigenvalue weighted by molar-refractivity contribution is 7.47. The summed E-state index contributed by atoms with van der Waals surface area (Å²) >= 11 is 0. The highest BCUT2D eigenvalue weighted by Gasteiger charge is 2.31. The molecule has 0 amide bonds. The number of phosphoric acid groups is 2. The third kappa shape index (κ3) is 74.2. The number of esters is 4. The van der Waals surface area contributed by atoms with E-state index in [-0.39, 0.29) is 25.7 Å². The van der Waals surface area contributed by atoms with E-state index < -0.39 is 97.5 Å². The second-order valence-corrected chi connectivity index (χ2v) is 34.7. The van der Waals surface area contributed by atoms with Crippen molar-refractivity contribution in [1.82, 2.24) is 0 Å². The molecule has 0 bridgehead atoms. The highest BCUT2D eigenvalue weighted by Crippen LogP contribution is 2.45. The molecule has 0 aliphatic carbocycles. The average molecular weight is 1520 g/mol. The van der Waals surface area contributed by atoms with Crippen molar-refractivity contribution >= 4 is 39.5 Å². The van der Waals surface area contributed by atoms with Crippen LogP contribution in [0.5, 0.6) is 0 Å². The molecule has 0 heterocycles. The lowest BCUT2D eigenvalue weighted by Gasteiger charge is -2.21. The van der Waals surface area contributed by atoms with Crippen molar-refractivity contribution in [2.45, 2.75) is 459 Å². The summed E-state index contributed by atoms with van der Waals surface area (Å²) in [5, 5.41) is 10.7. The molecule has 0 aromatic heterocycles. The Hall–Kier alpha value is -1.94. The molecule has 0 saturated carbocycles. The van der Waals surface area contributed by atoms with E-state index in [1.165, 1.54) is 238 Å². The van der Waals surface area contributed by atoms with Crippen molar-refractivity contribution in [2.75, 3.05) is 39.6 Å². The minimum atomic E-state index is -4.96. The Kier molecular flexibility index (Phi) is 72.5. The van der Waals surface area contributed by atoms with Crippen LogP contribution >= 0.6 is 15.6 Å². The number of hydrogen-bond donors (Lipinski definition) is 3. The van der Waals surface area contributed by atoms with E-state index in [1.807, 2.05) is 0 Å². The first-order chi connectivity index (χ1) is 50.2. The fourth-order valence-electron chi connectivity index (χ4n) is 13.0. The first-order valence-electron chi connectivity index (χ1n) is 43.8. The number of unbranched alkanes of at least 4 members (excludes halogenated alkanes) is 45. The Morgan fingerprint density at radius 1 is 0.269 bits per heavy atom. The van der Waals surface area contributed by atoms with E-state index in [4.69, 9.17) is 37.0 Å². The molecule has 0 saturated heterocycles. The van der Waals surface area contributed by atoms with E-state index in [9.17, 15) is 43.2 Å². The van der Waals surface area contributed by atoms with Crippen molar-refractivity contribution in [3.63, 3.8) is 0 Å².